The van der Waals surface area contributed by atoms with Gasteiger partial charge in [0.25, 0.3) is 0 Å². The minimum absolute atomic E-state index is 0.102. The van der Waals surface area contributed by atoms with Gasteiger partial charge in [-0.15, -0.1) is 0 Å². The lowest BCUT2D eigenvalue weighted by atomic mass is 9.78. The van der Waals surface area contributed by atoms with Gasteiger partial charge < -0.3 is 9.47 Å². The molecule has 1 aliphatic heterocycles. The van der Waals surface area contributed by atoms with Crippen LogP contribution in [0.1, 0.15) is 74.4 Å². The SMILES string of the molecule is CCOC(=O)CCCCc1ccc(C#Cc2cc3c(cc2C)OCCC3(C)C)nc1. The van der Waals surface area contributed by atoms with Gasteiger partial charge in [0, 0.05) is 23.7 Å². The first kappa shape index (κ1) is 21.9. The summed E-state index contributed by atoms with van der Waals surface area (Å²) in [6.45, 7) is 9.63. The molecular formula is C26H31NO3. The van der Waals surface area contributed by atoms with Crippen LogP contribution < -0.4 is 4.74 Å². The maximum Gasteiger partial charge on any atom is 0.305 e. The van der Waals surface area contributed by atoms with Gasteiger partial charge in [-0.3, -0.25) is 4.79 Å². The van der Waals surface area contributed by atoms with Gasteiger partial charge in [0.05, 0.1) is 13.2 Å². The average molecular weight is 406 g/mol. The fourth-order valence-electron chi connectivity index (χ4n) is 3.62. The van der Waals surface area contributed by atoms with Crippen LogP contribution in [0.25, 0.3) is 0 Å². The van der Waals surface area contributed by atoms with E-state index in [2.05, 4.69) is 55.8 Å². The standard InChI is InChI=1S/C26H31NO3/c1-5-29-25(28)9-7-6-8-20-10-12-22(27-18-20)13-11-21-17-23-24(16-19(21)2)30-15-14-26(23,3)4/h10,12,16-18H,5-9,14-15H2,1-4H3. The molecule has 0 spiro atoms. The summed E-state index contributed by atoms with van der Waals surface area (Å²) in [6, 6.07) is 8.31. The zero-order valence-electron chi connectivity index (χ0n) is 18.5. The number of nitrogens with zero attached hydrogens (tertiary/aromatic N) is 1. The summed E-state index contributed by atoms with van der Waals surface area (Å²) in [6.07, 6.45) is 6.05. The molecule has 0 saturated heterocycles. The molecule has 1 aromatic carbocycles. The van der Waals surface area contributed by atoms with E-state index in [1.54, 1.807) is 0 Å². The molecule has 3 rings (SSSR count). The molecule has 30 heavy (non-hydrogen) atoms. The van der Waals surface area contributed by atoms with Crippen molar-refractivity contribution in [1.29, 1.82) is 0 Å². The Bertz CT molecular complexity index is 949. The molecule has 2 aromatic rings. The number of hydrogen-bond donors (Lipinski definition) is 0. The summed E-state index contributed by atoms with van der Waals surface area (Å²) >= 11 is 0. The highest BCUT2D eigenvalue weighted by molar-refractivity contribution is 5.69. The van der Waals surface area contributed by atoms with Gasteiger partial charge in [0.2, 0.25) is 0 Å². The third-order valence-electron chi connectivity index (χ3n) is 5.59. The smallest absolute Gasteiger partial charge is 0.305 e. The molecule has 2 heterocycles. The molecule has 158 valence electrons. The summed E-state index contributed by atoms with van der Waals surface area (Å²) in [5.41, 5.74) is 5.40. The summed E-state index contributed by atoms with van der Waals surface area (Å²) in [5, 5.41) is 0. The Morgan fingerprint density at radius 1 is 1.23 bits per heavy atom. The van der Waals surface area contributed by atoms with E-state index in [0.29, 0.717) is 13.0 Å². The maximum atomic E-state index is 11.4. The molecule has 0 fully saturated rings. The summed E-state index contributed by atoms with van der Waals surface area (Å²) < 4.78 is 10.8. The van der Waals surface area contributed by atoms with Crippen molar-refractivity contribution in [2.45, 2.75) is 65.2 Å². The van der Waals surface area contributed by atoms with Crippen molar-refractivity contribution < 1.29 is 14.3 Å². The van der Waals surface area contributed by atoms with E-state index in [-0.39, 0.29) is 11.4 Å². The fourth-order valence-corrected chi connectivity index (χ4v) is 3.62. The van der Waals surface area contributed by atoms with Crippen molar-refractivity contribution >= 4 is 5.97 Å². The number of hydrogen-bond acceptors (Lipinski definition) is 4. The fraction of sp³-hybridized carbons (Fsp3) is 0.462. The van der Waals surface area contributed by atoms with Crippen LogP contribution >= 0.6 is 0 Å². The van der Waals surface area contributed by atoms with Crippen molar-refractivity contribution in [3.63, 3.8) is 0 Å². The third kappa shape index (κ3) is 5.63. The van der Waals surface area contributed by atoms with Gasteiger partial charge in [-0.25, -0.2) is 4.98 Å². The first-order chi connectivity index (χ1) is 14.4. The minimum atomic E-state index is -0.117. The molecule has 0 radical (unpaired) electrons. The van der Waals surface area contributed by atoms with Crippen molar-refractivity contribution in [1.82, 2.24) is 4.98 Å². The molecule has 1 aromatic heterocycles. The second kappa shape index (κ2) is 9.80. The average Bonchev–Trinajstić information content (AvgIpc) is 2.71. The summed E-state index contributed by atoms with van der Waals surface area (Å²) in [5.74, 6) is 7.36. The van der Waals surface area contributed by atoms with Gasteiger partial charge in [0.15, 0.2) is 0 Å². The molecule has 0 unspecified atom stereocenters. The Balaban J connectivity index is 1.62. The van der Waals surface area contributed by atoms with Crippen LogP contribution in [0.15, 0.2) is 30.5 Å². The van der Waals surface area contributed by atoms with Gasteiger partial charge in [-0.1, -0.05) is 25.8 Å². The normalized spacial score (nSPS) is 14.1. The van der Waals surface area contributed by atoms with Crippen LogP contribution in [0, 0.1) is 18.8 Å². The summed E-state index contributed by atoms with van der Waals surface area (Å²) in [7, 11) is 0. The Labute approximate surface area is 180 Å². The molecule has 1 aliphatic rings. The number of carbonyl (C=O) groups is 1. The zero-order chi connectivity index (χ0) is 21.6. The van der Waals surface area contributed by atoms with Crippen molar-refractivity contribution in [2.75, 3.05) is 13.2 Å². The minimum Gasteiger partial charge on any atom is -0.493 e. The number of fused-ring (bicyclic) bond motifs is 1. The predicted molar refractivity (Wildman–Crippen MR) is 119 cm³/mol. The largest absolute Gasteiger partial charge is 0.493 e. The third-order valence-corrected chi connectivity index (χ3v) is 5.59. The molecule has 0 N–H and O–H groups in total. The zero-order valence-corrected chi connectivity index (χ0v) is 18.5. The quantitative estimate of drug-likeness (QED) is 0.380. The molecule has 0 amide bonds. The Kier molecular flexibility index (Phi) is 7.15. The molecule has 4 heteroatoms. The van der Waals surface area contributed by atoms with E-state index >= 15 is 0 Å². The van der Waals surface area contributed by atoms with E-state index in [0.717, 1.165) is 60.4 Å². The van der Waals surface area contributed by atoms with E-state index in [1.165, 1.54) is 5.56 Å². The maximum absolute atomic E-state index is 11.4. The highest BCUT2D eigenvalue weighted by Crippen LogP contribution is 2.39. The molecular weight excluding hydrogens is 374 g/mol. The van der Waals surface area contributed by atoms with Crippen LogP contribution in [0.5, 0.6) is 5.75 Å². The predicted octanol–water partition coefficient (Wildman–Crippen LogP) is 5.13. The number of carbonyl (C=O) groups excluding carboxylic acids is 1. The van der Waals surface area contributed by atoms with Gasteiger partial charge in [-0.05, 0) is 80.2 Å². The Morgan fingerprint density at radius 2 is 2.07 bits per heavy atom. The highest BCUT2D eigenvalue weighted by Gasteiger charge is 2.29. The number of aromatic nitrogens is 1. The van der Waals surface area contributed by atoms with Gasteiger partial charge >= 0.3 is 5.97 Å². The first-order valence-corrected chi connectivity index (χ1v) is 10.8. The van der Waals surface area contributed by atoms with Crippen molar-refractivity contribution in [2.24, 2.45) is 0 Å². The van der Waals surface area contributed by atoms with Crippen LogP contribution in [0.3, 0.4) is 0 Å². The lowest BCUT2D eigenvalue weighted by Crippen LogP contribution is -2.26. The van der Waals surface area contributed by atoms with Crippen molar-refractivity contribution in [3.8, 4) is 17.6 Å². The van der Waals surface area contributed by atoms with Gasteiger partial charge in [0.1, 0.15) is 11.4 Å². The van der Waals surface area contributed by atoms with E-state index in [1.807, 2.05) is 19.2 Å². The van der Waals surface area contributed by atoms with Crippen molar-refractivity contribution in [3.05, 3.63) is 58.4 Å². The molecule has 0 saturated carbocycles. The molecule has 4 nitrogen and oxygen atoms in total. The Hall–Kier alpha value is -2.80. The van der Waals surface area contributed by atoms with Crippen LogP contribution in [-0.4, -0.2) is 24.2 Å². The lowest BCUT2D eigenvalue weighted by molar-refractivity contribution is -0.143. The number of unbranched alkanes of at least 4 members (excludes halogenated alkanes) is 1. The second-order valence-corrected chi connectivity index (χ2v) is 8.46. The first-order valence-electron chi connectivity index (χ1n) is 10.8. The number of rotatable bonds is 6. The number of esters is 1. The number of aryl methyl sites for hydroxylation is 2. The topological polar surface area (TPSA) is 48.4 Å². The summed E-state index contributed by atoms with van der Waals surface area (Å²) in [4.78, 5) is 15.9. The molecule has 0 bridgehead atoms. The molecule has 0 aliphatic carbocycles. The van der Waals surface area contributed by atoms with E-state index in [4.69, 9.17) is 9.47 Å². The van der Waals surface area contributed by atoms with Crippen LogP contribution in [0.4, 0.5) is 0 Å². The Morgan fingerprint density at radius 3 is 2.80 bits per heavy atom. The van der Waals surface area contributed by atoms with E-state index in [9.17, 15) is 4.79 Å². The number of pyridine rings is 1. The van der Waals surface area contributed by atoms with Gasteiger partial charge in [-0.2, -0.15) is 0 Å². The van der Waals surface area contributed by atoms with Crippen LogP contribution in [-0.2, 0) is 21.4 Å². The van der Waals surface area contributed by atoms with Crippen LogP contribution in [0.2, 0.25) is 0 Å². The van der Waals surface area contributed by atoms with E-state index < -0.39 is 0 Å². The second-order valence-electron chi connectivity index (χ2n) is 8.46. The number of benzene rings is 1. The molecule has 0 atom stereocenters. The lowest BCUT2D eigenvalue weighted by Gasteiger charge is -2.33. The monoisotopic (exact) mass is 405 g/mol. The highest BCUT2D eigenvalue weighted by atomic mass is 16.5. The number of ether oxygens (including phenoxy) is 2.